The molecule has 1 fully saturated rings. The lowest BCUT2D eigenvalue weighted by molar-refractivity contribution is 0.361. The van der Waals surface area contributed by atoms with Crippen LogP contribution in [0.15, 0.2) is 12.1 Å². The van der Waals surface area contributed by atoms with Gasteiger partial charge in [0.05, 0.1) is 0 Å². The highest BCUT2D eigenvalue weighted by Crippen LogP contribution is 2.28. The van der Waals surface area contributed by atoms with E-state index in [4.69, 9.17) is 10.7 Å². The predicted molar refractivity (Wildman–Crippen MR) is 81.3 cm³/mol. The van der Waals surface area contributed by atoms with Crippen molar-refractivity contribution in [2.45, 2.75) is 59.0 Å². The lowest BCUT2D eigenvalue weighted by Gasteiger charge is -2.39. The summed E-state index contributed by atoms with van der Waals surface area (Å²) in [6.45, 7) is 8.58. The van der Waals surface area contributed by atoms with Crippen LogP contribution < -0.4 is 10.6 Å². The second-order valence-corrected chi connectivity index (χ2v) is 5.83. The van der Waals surface area contributed by atoms with E-state index < -0.39 is 0 Å². The summed E-state index contributed by atoms with van der Waals surface area (Å²) in [5, 5.41) is 0. The van der Waals surface area contributed by atoms with Crippen LogP contribution in [-0.4, -0.2) is 17.6 Å². The molecule has 19 heavy (non-hydrogen) atoms. The fraction of sp³-hybridized carbons (Fsp3) is 0.688. The van der Waals surface area contributed by atoms with E-state index in [0.29, 0.717) is 12.6 Å². The van der Waals surface area contributed by atoms with Gasteiger partial charge in [-0.1, -0.05) is 20.3 Å². The summed E-state index contributed by atoms with van der Waals surface area (Å²) < 4.78 is 0. The van der Waals surface area contributed by atoms with Crippen LogP contribution in [0, 0.1) is 5.92 Å². The van der Waals surface area contributed by atoms with Gasteiger partial charge < -0.3 is 10.6 Å². The molecule has 0 spiro atoms. The smallest absolute Gasteiger partial charge is 0.129 e. The van der Waals surface area contributed by atoms with Crippen molar-refractivity contribution in [1.82, 2.24) is 4.98 Å². The van der Waals surface area contributed by atoms with E-state index >= 15 is 0 Å². The van der Waals surface area contributed by atoms with Crippen LogP contribution >= 0.6 is 0 Å². The van der Waals surface area contributed by atoms with Gasteiger partial charge in [-0.15, -0.1) is 0 Å². The van der Waals surface area contributed by atoms with Gasteiger partial charge >= 0.3 is 0 Å². The van der Waals surface area contributed by atoms with Gasteiger partial charge in [-0.25, -0.2) is 4.98 Å². The van der Waals surface area contributed by atoms with Crippen LogP contribution in [0.2, 0.25) is 0 Å². The fourth-order valence-electron chi connectivity index (χ4n) is 2.94. The standard InChI is InChI=1S/C16H27N3/c1-4-6-15-9-14(11-17)10-16(18-15)19-8-5-7-12(2)13(19)3/h9-10,12-13H,4-8,11,17H2,1-3H3. The monoisotopic (exact) mass is 261 g/mol. The van der Waals surface area contributed by atoms with Gasteiger partial charge in [-0.2, -0.15) is 0 Å². The van der Waals surface area contributed by atoms with Gasteiger partial charge in [0.15, 0.2) is 0 Å². The van der Waals surface area contributed by atoms with Crippen molar-refractivity contribution in [3.8, 4) is 0 Å². The van der Waals surface area contributed by atoms with Gasteiger partial charge in [0.1, 0.15) is 5.82 Å². The van der Waals surface area contributed by atoms with Crippen LogP contribution in [0.1, 0.15) is 51.3 Å². The van der Waals surface area contributed by atoms with Crippen LogP contribution in [-0.2, 0) is 13.0 Å². The van der Waals surface area contributed by atoms with Crippen molar-refractivity contribution in [3.05, 3.63) is 23.4 Å². The maximum absolute atomic E-state index is 5.83. The topological polar surface area (TPSA) is 42.1 Å². The molecule has 1 aromatic rings. The summed E-state index contributed by atoms with van der Waals surface area (Å²) in [5.41, 5.74) is 8.22. The van der Waals surface area contributed by atoms with E-state index in [1.54, 1.807) is 0 Å². The molecular weight excluding hydrogens is 234 g/mol. The molecule has 1 saturated heterocycles. The molecule has 0 aliphatic carbocycles. The minimum Gasteiger partial charge on any atom is -0.354 e. The van der Waals surface area contributed by atoms with Crippen molar-refractivity contribution in [2.75, 3.05) is 11.4 Å². The average molecular weight is 261 g/mol. The third-order valence-electron chi connectivity index (χ3n) is 4.33. The van der Waals surface area contributed by atoms with E-state index in [-0.39, 0.29) is 0 Å². The SMILES string of the molecule is CCCc1cc(CN)cc(N2CCCC(C)C2C)n1. The largest absolute Gasteiger partial charge is 0.354 e. The van der Waals surface area contributed by atoms with E-state index in [9.17, 15) is 0 Å². The molecule has 0 aromatic carbocycles. The lowest BCUT2D eigenvalue weighted by atomic mass is 9.92. The molecule has 0 saturated carbocycles. The highest BCUT2D eigenvalue weighted by Gasteiger charge is 2.25. The molecule has 1 aromatic heterocycles. The Morgan fingerprint density at radius 1 is 1.37 bits per heavy atom. The molecule has 2 unspecified atom stereocenters. The maximum Gasteiger partial charge on any atom is 0.129 e. The maximum atomic E-state index is 5.83. The molecule has 0 amide bonds. The first kappa shape index (κ1) is 14.3. The summed E-state index contributed by atoms with van der Waals surface area (Å²) in [6, 6.07) is 4.91. The van der Waals surface area contributed by atoms with Gasteiger partial charge in [-0.3, -0.25) is 0 Å². The second kappa shape index (κ2) is 6.38. The zero-order chi connectivity index (χ0) is 13.8. The third kappa shape index (κ3) is 3.27. The number of nitrogens with two attached hydrogens (primary N) is 1. The van der Waals surface area contributed by atoms with E-state index in [2.05, 4.69) is 37.8 Å². The van der Waals surface area contributed by atoms with Crippen molar-refractivity contribution < 1.29 is 0 Å². The van der Waals surface area contributed by atoms with Gasteiger partial charge in [-0.05, 0) is 49.8 Å². The number of rotatable bonds is 4. The zero-order valence-corrected chi connectivity index (χ0v) is 12.5. The highest BCUT2D eigenvalue weighted by atomic mass is 15.2. The molecule has 1 aliphatic heterocycles. The second-order valence-electron chi connectivity index (χ2n) is 5.83. The van der Waals surface area contributed by atoms with Crippen LogP contribution in [0.3, 0.4) is 0 Å². The Morgan fingerprint density at radius 3 is 2.84 bits per heavy atom. The molecule has 106 valence electrons. The van der Waals surface area contributed by atoms with Crippen molar-refractivity contribution in [2.24, 2.45) is 11.7 Å². The molecular formula is C16H27N3. The Morgan fingerprint density at radius 2 is 2.16 bits per heavy atom. The van der Waals surface area contributed by atoms with Gasteiger partial charge in [0.25, 0.3) is 0 Å². The number of hydrogen-bond acceptors (Lipinski definition) is 3. The Labute approximate surface area is 117 Å². The zero-order valence-electron chi connectivity index (χ0n) is 12.5. The lowest BCUT2D eigenvalue weighted by Crippen LogP contribution is -2.43. The molecule has 2 N–H and O–H groups in total. The van der Waals surface area contributed by atoms with E-state index in [0.717, 1.165) is 31.1 Å². The Balaban J connectivity index is 2.29. The summed E-state index contributed by atoms with van der Waals surface area (Å²) >= 11 is 0. The number of nitrogens with zero attached hydrogens (tertiary/aromatic N) is 2. The first-order chi connectivity index (χ1) is 9.15. The summed E-state index contributed by atoms with van der Waals surface area (Å²) in [6.07, 6.45) is 4.77. The van der Waals surface area contributed by atoms with Crippen LogP contribution in [0.25, 0.3) is 0 Å². The van der Waals surface area contributed by atoms with Crippen LogP contribution in [0.4, 0.5) is 5.82 Å². The molecule has 2 rings (SSSR count). The molecule has 3 nitrogen and oxygen atoms in total. The van der Waals surface area contributed by atoms with Crippen molar-refractivity contribution in [1.29, 1.82) is 0 Å². The van der Waals surface area contributed by atoms with E-state index in [1.165, 1.54) is 24.1 Å². The van der Waals surface area contributed by atoms with Gasteiger partial charge in [0, 0.05) is 24.8 Å². The number of pyridine rings is 1. The quantitative estimate of drug-likeness (QED) is 0.905. The highest BCUT2D eigenvalue weighted by molar-refractivity contribution is 5.44. The summed E-state index contributed by atoms with van der Waals surface area (Å²) in [5.74, 6) is 1.87. The number of aromatic nitrogens is 1. The molecule has 2 atom stereocenters. The molecule has 3 heteroatoms. The predicted octanol–water partition coefficient (Wildman–Crippen LogP) is 3.12. The fourth-order valence-corrected chi connectivity index (χ4v) is 2.94. The normalized spacial score (nSPS) is 23.7. The average Bonchev–Trinajstić information content (AvgIpc) is 2.42. The molecule has 1 aliphatic rings. The number of aryl methyl sites for hydroxylation is 1. The van der Waals surface area contributed by atoms with Crippen molar-refractivity contribution >= 4 is 5.82 Å². The Hall–Kier alpha value is -1.09. The summed E-state index contributed by atoms with van der Waals surface area (Å²) in [7, 11) is 0. The third-order valence-corrected chi connectivity index (χ3v) is 4.33. The molecule has 0 bridgehead atoms. The first-order valence-corrected chi connectivity index (χ1v) is 7.62. The summed E-state index contributed by atoms with van der Waals surface area (Å²) in [4.78, 5) is 7.31. The first-order valence-electron chi connectivity index (χ1n) is 7.62. The Bertz CT molecular complexity index is 416. The number of hydrogen-bond donors (Lipinski definition) is 1. The van der Waals surface area contributed by atoms with Gasteiger partial charge in [0.2, 0.25) is 0 Å². The van der Waals surface area contributed by atoms with Crippen LogP contribution in [0.5, 0.6) is 0 Å². The number of piperidine rings is 1. The molecule has 2 heterocycles. The number of anilines is 1. The van der Waals surface area contributed by atoms with Crippen molar-refractivity contribution in [3.63, 3.8) is 0 Å². The molecule has 0 radical (unpaired) electrons. The van der Waals surface area contributed by atoms with E-state index in [1.807, 2.05) is 0 Å². The minimum atomic E-state index is 0.573. The minimum absolute atomic E-state index is 0.573. The Kier molecular flexibility index (Phi) is 4.81.